The van der Waals surface area contributed by atoms with Gasteiger partial charge in [-0.2, -0.15) is 0 Å². The smallest absolute Gasteiger partial charge is 0.333 e. The first-order valence-electron chi connectivity index (χ1n) is 15.0. The van der Waals surface area contributed by atoms with E-state index < -0.39 is 23.5 Å². The van der Waals surface area contributed by atoms with E-state index in [-0.39, 0.29) is 79.1 Å². The van der Waals surface area contributed by atoms with Gasteiger partial charge in [0.05, 0.1) is 37.2 Å². The highest BCUT2D eigenvalue weighted by Gasteiger charge is 2.34. The molecule has 2 unspecified atom stereocenters. The zero-order chi connectivity index (χ0) is 36.0. The Hall–Kier alpha value is -5.40. The van der Waals surface area contributed by atoms with Gasteiger partial charge in [0.15, 0.2) is 23.1 Å². The number of benzene rings is 2. The molecule has 2 aromatic carbocycles. The van der Waals surface area contributed by atoms with Crippen molar-refractivity contribution in [1.82, 2.24) is 0 Å². The van der Waals surface area contributed by atoms with Crippen LogP contribution in [-0.2, 0) is 28.5 Å². The number of ether oxygens (including phenoxy) is 4. The molecule has 0 radical (unpaired) electrons. The number of carbonyl (C=O) groups excluding carboxylic acids is 4. The van der Waals surface area contributed by atoms with Crippen molar-refractivity contribution in [2.75, 3.05) is 26.4 Å². The monoisotopic (exact) mass is 674 g/mol. The molecule has 12 nitrogen and oxygen atoms in total. The molecule has 12 heteroatoms. The lowest BCUT2D eigenvalue weighted by atomic mass is 9.94. The van der Waals surface area contributed by atoms with Gasteiger partial charge >= 0.3 is 11.9 Å². The van der Waals surface area contributed by atoms with E-state index in [1.807, 2.05) is 0 Å². The fourth-order valence-corrected chi connectivity index (χ4v) is 4.40. The first-order chi connectivity index (χ1) is 23.3. The second-order valence-corrected chi connectivity index (χ2v) is 10.8. The van der Waals surface area contributed by atoms with E-state index in [1.54, 1.807) is 60.7 Å². The number of aliphatic hydroxyl groups is 4. The quantitative estimate of drug-likeness (QED) is 0.0722. The lowest BCUT2D eigenvalue weighted by Crippen LogP contribution is -2.34. The summed E-state index contributed by atoms with van der Waals surface area (Å²) in [6, 6.07) is 17.0. The van der Waals surface area contributed by atoms with Crippen molar-refractivity contribution >= 4 is 23.5 Å². The third-order valence-corrected chi connectivity index (χ3v) is 6.91. The van der Waals surface area contributed by atoms with Gasteiger partial charge in [0.2, 0.25) is 0 Å². The predicted molar refractivity (Wildman–Crippen MR) is 177 cm³/mol. The molecule has 0 heterocycles. The first-order valence-corrected chi connectivity index (χ1v) is 15.0. The topological polar surface area (TPSA) is 186 Å². The SMILES string of the molecule is C=C(C)C(=O)OCCOC1(O)C=CC(C(=O)c2ccccc2)=C(O)C1.C=CC(=O)OCCOC1(O)C=CC(C(=O)c2ccccc2)=C(O)C1. The summed E-state index contributed by atoms with van der Waals surface area (Å²) in [5.74, 6) is -5.88. The molecule has 4 rings (SSSR count). The highest BCUT2D eigenvalue weighted by molar-refractivity contribution is 6.11. The van der Waals surface area contributed by atoms with Crippen LogP contribution in [0.1, 0.15) is 40.5 Å². The molecule has 0 aromatic heterocycles. The van der Waals surface area contributed by atoms with Gasteiger partial charge in [0.25, 0.3) is 0 Å². The van der Waals surface area contributed by atoms with Crippen LogP contribution in [0.3, 0.4) is 0 Å². The summed E-state index contributed by atoms with van der Waals surface area (Å²) in [6.45, 7) is 7.94. The van der Waals surface area contributed by atoms with Gasteiger partial charge in [-0.3, -0.25) is 9.59 Å². The average molecular weight is 675 g/mol. The number of aliphatic hydroxyl groups excluding tert-OH is 2. The lowest BCUT2D eigenvalue weighted by molar-refractivity contribution is -0.180. The zero-order valence-corrected chi connectivity index (χ0v) is 26.9. The summed E-state index contributed by atoms with van der Waals surface area (Å²) >= 11 is 0. The summed E-state index contributed by atoms with van der Waals surface area (Å²) in [5, 5.41) is 40.8. The summed E-state index contributed by atoms with van der Waals surface area (Å²) in [5.41, 5.74) is 1.35. The van der Waals surface area contributed by atoms with Crippen molar-refractivity contribution in [3.8, 4) is 0 Å². The fraction of sp³-hybridized carbons (Fsp3) is 0.243. The van der Waals surface area contributed by atoms with E-state index in [9.17, 15) is 39.6 Å². The number of ketones is 2. The van der Waals surface area contributed by atoms with Crippen LogP contribution in [-0.4, -0.2) is 81.9 Å². The Labute approximate surface area is 283 Å². The standard InChI is InChI=1S/C19H20O6.C18H18O6/c1-13(2)18(22)24-10-11-25-19(23)9-8-15(16(20)12-19)17(21)14-6-4-3-5-7-14;1-2-16(20)23-10-11-24-18(22)9-8-14(15(19)12-18)17(21)13-6-4-3-5-7-13/h3-9,20,23H,1,10-12H2,2H3;2-9,19,22H,1,10-12H2. The van der Waals surface area contributed by atoms with Gasteiger partial charge in [-0.1, -0.05) is 73.8 Å². The number of hydrogen-bond donors (Lipinski definition) is 4. The molecule has 2 aliphatic rings. The normalized spacial score (nSPS) is 19.7. The third kappa shape index (κ3) is 11.4. The summed E-state index contributed by atoms with van der Waals surface area (Å²) in [4.78, 5) is 46.8. The van der Waals surface area contributed by atoms with Crippen molar-refractivity contribution < 1.29 is 58.6 Å². The van der Waals surface area contributed by atoms with Crippen molar-refractivity contribution in [2.45, 2.75) is 31.3 Å². The van der Waals surface area contributed by atoms with Crippen LogP contribution in [0.4, 0.5) is 0 Å². The number of esters is 2. The molecule has 0 spiro atoms. The van der Waals surface area contributed by atoms with Crippen molar-refractivity contribution in [2.24, 2.45) is 0 Å². The van der Waals surface area contributed by atoms with Crippen molar-refractivity contribution in [3.05, 3.63) is 144 Å². The van der Waals surface area contributed by atoms with Crippen LogP contribution in [0.2, 0.25) is 0 Å². The Morgan fingerprint density at radius 1 is 0.714 bits per heavy atom. The maximum Gasteiger partial charge on any atom is 0.333 e. The highest BCUT2D eigenvalue weighted by Crippen LogP contribution is 2.30. The van der Waals surface area contributed by atoms with Crippen LogP contribution in [0.5, 0.6) is 0 Å². The molecule has 2 aliphatic carbocycles. The van der Waals surface area contributed by atoms with Crippen LogP contribution >= 0.6 is 0 Å². The number of hydrogen-bond acceptors (Lipinski definition) is 12. The maximum absolute atomic E-state index is 12.4. The molecule has 4 N–H and O–H groups in total. The predicted octanol–water partition coefficient (Wildman–Crippen LogP) is 4.54. The van der Waals surface area contributed by atoms with E-state index >= 15 is 0 Å². The van der Waals surface area contributed by atoms with Crippen LogP contribution < -0.4 is 0 Å². The molecular weight excluding hydrogens is 636 g/mol. The van der Waals surface area contributed by atoms with Crippen molar-refractivity contribution in [3.63, 3.8) is 0 Å². The number of allylic oxidation sites excluding steroid dienone is 4. The van der Waals surface area contributed by atoms with E-state index in [0.29, 0.717) is 11.1 Å². The van der Waals surface area contributed by atoms with Crippen LogP contribution in [0.15, 0.2) is 132 Å². The zero-order valence-electron chi connectivity index (χ0n) is 26.9. The van der Waals surface area contributed by atoms with E-state index in [2.05, 4.69) is 13.2 Å². The molecule has 0 fully saturated rings. The average Bonchev–Trinajstić information content (AvgIpc) is 3.09. The molecule has 0 saturated carbocycles. The molecule has 0 aliphatic heterocycles. The fourth-order valence-electron chi connectivity index (χ4n) is 4.40. The van der Waals surface area contributed by atoms with Gasteiger partial charge in [-0.25, -0.2) is 9.59 Å². The molecule has 0 saturated heterocycles. The highest BCUT2D eigenvalue weighted by atomic mass is 16.6. The third-order valence-electron chi connectivity index (χ3n) is 6.91. The van der Waals surface area contributed by atoms with Gasteiger partial charge in [0.1, 0.15) is 24.7 Å². The minimum atomic E-state index is -1.76. The van der Waals surface area contributed by atoms with Crippen molar-refractivity contribution in [1.29, 1.82) is 0 Å². The lowest BCUT2D eigenvalue weighted by Gasteiger charge is -2.28. The number of carbonyl (C=O) groups is 4. The maximum atomic E-state index is 12.4. The second kappa shape index (κ2) is 17.7. The Kier molecular flexibility index (Phi) is 13.7. The number of rotatable bonds is 14. The van der Waals surface area contributed by atoms with Gasteiger partial charge in [0, 0.05) is 22.8 Å². The van der Waals surface area contributed by atoms with E-state index in [4.69, 9.17) is 18.9 Å². The van der Waals surface area contributed by atoms with Crippen LogP contribution in [0, 0.1) is 0 Å². The van der Waals surface area contributed by atoms with E-state index in [0.717, 1.165) is 6.08 Å². The molecule has 258 valence electrons. The Balaban J connectivity index is 0.000000266. The number of Topliss-reactive ketones (excluding diaryl/α,β-unsaturated/α-hetero) is 2. The minimum Gasteiger partial charge on any atom is -0.511 e. The second-order valence-electron chi connectivity index (χ2n) is 10.8. The molecule has 2 aromatic rings. The Morgan fingerprint density at radius 3 is 1.49 bits per heavy atom. The molecule has 49 heavy (non-hydrogen) atoms. The minimum absolute atomic E-state index is 0.0673. The first kappa shape index (κ1) is 38.1. The molecule has 0 bridgehead atoms. The summed E-state index contributed by atoms with van der Waals surface area (Å²) in [7, 11) is 0. The van der Waals surface area contributed by atoms with Gasteiger partial charge in [-0.15, -0.1) is 0 Å². The Morgan fingerprint density at radius 2 is 1.12 bits per heavy atom. The van der Waals surface area contributed by atoms with Gasteiger partial charge < -0.3 is 39.4 Å². The molecular formula is C37H38O12. The van der Waals surface area contributed by atoms with E-state index in [1.165, 1.54) is 31.2 Å². The van der Waals surface area contributed by atoms with Gasteiger partial charge in [-0.05, 0) is 31.2 Å². The molecule has 2 atom stereocenters. The molecule has 0 amide bonds. The summed E-state index contributed by atoms with van der Waals surface area (Å²) in [6.07, 6.45) is 5.71. The Bertz CT molecular complexity index is 1670. The summed E-state index contributed by atoms with van der Waals surface area (Å²) < 4.78 is 20.1. The van der Waals surface area contributed by atoms with Crippen LogP contribution in [0.25, 0.3) is 0 Å². The largest absolute Gasteiger partial charge is 0.511 e.